The minimum Gasteiger partial charge on any atom is -0.497 e. The zero-order valence-electron chi connectivity index (χ0n) is 22.6. The average molecular weight is 609 g/mol. The number of rotatable bonds is 12. The molecule has 0 saturated heterocycles. The summed E-state index contributed by atoms with van der Waals surface area (Å²) in [5.41, 5.74) is 0.515. The van der Waals surface area contributed by atoms with E-state index in [0.29, 0.717) is 21.4 Å². The van der Waals surface area contributed by atoms with Crippen LogP contribution in [0.3, 0.4) is 0 Å². The molecule has 0 aromatic heterocycles. The standard InChI is InChI=1S/C28H31Cl2N3O6S/c1-5-24(28(35)31-2)32(17-21-22(29)12-9-13-23(21)30)27(34)18-33(40(36,37)20-10-7-6-8-11-20)25-16-19(38-3)14-15-26(25)39-4/h6-16,24H,5,17-18H2,1-4H3,(H,31,35)/t24-/m1/s1. The second kappa shape index (κ2) is 13.7. The van der Waals surface area contributed by atoms with Gasteiger partial charge in [0, 0.05) is 35.3 Å². The van der Waals surface area contributed by atoms with E-state index in [2.05, 4.69) is 5.32 Å². The normalized spacial score (nSPS) is 11.8. The second-order valence-electron chi connectivity index (χ2n) is 8.62. The van der Waals surface area contributed by atoms with Crippen LogP contribution < -0.4 is 19.1 Å². The first kappa shape index (κ1) is 31.1. The first-order valence-electron chi connectivity index (χ1n) is 12.3. The Bertz CT molecular complexity index is 1430. The molecular formula is C28H31Cl2N3O6S. The van der Waals surface area contributed by atoms with Crippen molar-refractivity contribution in [3.8, 4) is 11.5 Å². The van der Waals surface area contributed by atoms with E-state index in [9.17, 15) is 18.0 Å². The van der Waals surface area contributed by atoms with Gasteiger partial charge in [-0.3, -0.25) is 13.9 Å². The monoisotopic (exact) mass is 607 g/mol. The summed E-state index contributed by atoms with van der Waals surface area (Å²) >= 11 is 12.8. The number of halogens is 2. The second-order valence-corrected chi connectivity index (χ2v) is 11.3. The molecule has 0 bridgehead atoms. The van der Waals surface area contributed by atoms with Gasteiger partial charge < -0.3 is 19.7 Å². The van der Waals surface area contributed by atoms with Crippen LogP contribution in [0.5, 0.6) is 11.5 Å². The molecule has 9 nitrogen and oxygen atoms in total. The SMILES string of the molecule is CC[C@H](C(=O)NC)N(Cc1c(Cl)cccc1Cl)C(=O)CN(c1cc(OC)ccc1OC)S(=O)(=O)c1ccccc1. The van der Waals surface area contributed by atoms with Crippen LogP contribution in [-0.2, 0) is 26.2 Å². The predicted octanol–water partition coefficient (Wildman–Crippen LogP) is 4.76. The first-order chi connectivity index (χ1) is 19.1. The van der Waals surface area contributed by atoms with Gasteiger partial charge in [0.25, 0.3) is 10.0 Å². The molecule has 0 saturated carbocycles. The highest BCUT2D eigenvalue weighted by molar-refractivity contribution is 7.92. The van der Waals surface area contributed by atoms with Crippen molar-refractivity contribution in [2.24, 2.45) is 0 Å². The number of benzene rings is 3. The Labute approximate surface area is 244 Å². The molecule has 2 amide bonds. The number of nitrogens with zero attached hydrogens (tertiary/aromatic N) is 2. The van der Waals surface area contributed by atoms with Crippen molar-refractivity contribution in [1.82, 2.24) is 10.2 Å². The highest BCUT2D eigenvalue weighted by atomic mass is 35.5. The first-order valence-corrected chi connectivity index (χ1v) is 14.5. The van der Waals surface area contributed by atoms with Crippen molar-refractivity contribution < 1.29 is 27.5 Å². The molecule has 0 radical (unpaired) electrons. The Balaban J connectivity index is 2.17. The van der Waals surface area contributed by atoms with Gasteiger partial charge in [0.2, 0.25) is 11.8 Å². The average Bonchev–Trinajstić information content (AvgIpc) is 2.96. The van der Waals surface area contributed by atoms with E-state index in [1.165, 1.54) is 44.4 Å². The number of sulfonamides is 1. The largest absolute Gasteiger partial charge is 0.497 e. The summed E-state index contributed by atoms with van der Waals surface area (Å²) in [7, 11) is 0.00684. The fraction of sp³-hybridized carbons (Fsp3) is 0.286. The van der Waals surface area contributed by atoms with Gasteiger partial charge in [-0.05, 0) is 42.8 Å². The van der Waals surface area contributed by atoms with Gasteiger partial charge in [0.05, 0.1) is 24.8 Å². The van der Waals surface area contributed by atoms with Crippen LogP contribution in [-0.4, -0.2) is 59.0 Å². The molecule has 3 aromatic carbocycles. The lowest BCUT2D eigenvalue weighted by Gasteiger charge is -2.33. The molecule has 1 atom stereocenters. The maximum Gasteiger partial charge on any atom is 0.264 e. The number of amides is 2. The zero-order valence-corrected chi connectivity index (χ0v) is 24.9. The van der Waals surface area contributed by atoms with E-state index in [4.69, 9.17) is 32.7 Å². The number of carbonyl (C=O) groups excluding carboxylic acids is 2. The van der Waals surface area contributed by atoms with Crippen LogP contribution in [0.4, 0.5) is 5.69 Å². The van der Waals surface area contributed by atoms with Crippen LogP contribution in [0.2, 0.25) is 10.0 Å². The molecule has 3 aromatic rings. The van der Waals surface area contributed by atoms with Gasteiger partial charge in [0.15, 0.2) is 0 Å². The minimum absolute atomic E-state index is 0.0355. The number of ether oxygens (including phenoxy) is 2. The maximum atomic E-state index is 14.1. The van der Waals surface area contributed by atoms with Gasteiger partial charge in [-0.1, -0.05) is 54.4 Å². The van der Waals surface area contributed by atoms with E-state index in [1.807, 2.05) is 0 Å². The molecule has 0 aliphatic rings. The lowest BCUT2D eigenvalue weighted by molar-refractivity contribution is -0.140. The van der Waals surface area contributed by atoms with Crippen molar-refractivity contribution in [1.29, 1.82) is 0 Å². The van der Waals surface area contributed by atoms with Gasteiger partial charge in [-0.15, -0.1) is 0 Å². The summed E-state index contributed by atoms with van der Waals surface area (Å²) in [5.74, 6) is -0.522. The van der Waals surface area contributed by atoms with Crippen LogP contribution >= 0.6 is 23.2 Å². The third-order valence-electron chi connectivity index (χ3n) is 6.29. The van der Waals surface area contributed by atoms with Crippen LogP contribution in [0.1, 0.15) is 18.9 Å². The predicted molar refractivity (Wildman–Crippen MR) is 156 cm³/mol. The molecule has 1 N–H and O–H groups in total. The Kier molecular flexibility index (Phi) is 10.7. The van der Waals surface area contributed by atoms with E-state index >= 15 is 0 Å². The van der Waals surface area contributed by atoms with Crippen molar-refractivity contribution in [2.45, 2.75) is 30.8 Å². The van der Waals surface area contributed by atoms with Gasteiger partial charge in [0.1, 0.15) is 24.1 Å². The number of likely N-dealkylation sites (N-methyl/N-ethyl adjacent to an activating group) is 1. The number of anilines is 1. The van der Waals surface area contributed by atoms with E-state index < -0.39 is 34.4 Å². The topological polar surface area (TPSA) is 105 Å². The van der Waals surface area contributed by atoms with E-state index in [1.54, 1.807) is 55.5 Å². The molecule has 0 spiro atoms. The van der Waals surface area contributed by atoms with E-state index in [-0.39, 0.29) is 29.3 Å². The molecule has 12 heteroatoms. The molecule has 0 aliphatic carbocycles. The number of methoxy groups -OCH3 is 2. The lowest BCUT2D eigenvalue weighted by Crippen LogP contribution is -2.51. The van der Waals surface area contributed by atoms with Gasteiger partial charge in [-0.25, -0.2) is 8.42 Å². The summed E-state index contributed by atoms with van der Waals surface area (Å²) in [4.78, 5) is 28.2. The van der Waals surface area contributed by atoms with Crippen LogP contribution in [0.15, 0.2) is 71.6 Å². The van der Waals surface area contributed by atoms with Crippen molar-refractivity contribution in [2.75, 3.05) is 32.1 Å². The van der Waals surface area contributed by atoms with Gasteiger partial charge in [-0.2, -0.15) is 0 Å². The summed E-state index contributed by atoms with van der Waals surface area (Å²) in [6.45, 7) is 0.964. The number of nitrogens with one attached hydrogen (secondary N) is 1. The zero-order chi connectivity index (χ0) is 29.4. The maximum absolute atomic E-state index is 14.1. The van der Waals surface area contributed by atoms with Crippen LogP contribution in [0, 0.1) is 0 Å². The molecule has 0 fully saturated rings. The molecule has 0 unspecified atom stereocenters. The minimum atomic E-state index is -4.29. The van der Waals surface area contributed by atoms with Crippen LogP contribution in [0.25, 0.3) is 0 Å². The van der Waals surface area contributed by atoms with Crippen molar-refractivity contribution in [3.05, 3.63) is 82.3 Å². The summed E-state index contributed by atoms with van der Waals surface area (Å²) < 4.78 is 39.7. The molecular weight excluding hydrogens is 577 g/mol. The lowest BCUT2D eigenvalue weighted by atomic mass is 10.1. The number of carbonyl (C=O) groups is 2. The molecule has 3 rings (SSSR count). The molecule has 0 aliphatic heterocycles. The number of hydrogen-bond donors (Lipinski definition) is 1. The summed E-state index contributed by atoms with van der Waals surface area (Å²) in [5, 5.41) is 3.19. The fourth-order valence-electron chi connectivity index (χ4n) is 4.16. The number of hydrogen-bond acceptors (Lipinski definition) is 6. The Morgan fingerprint density at radius 3 is 2.15 bits per heavy atom. The molecule has 40 heavy (non-hydrogen) atoms. The highest BCUT2D eigenvalue weighted by Crippen LogP contribution is 2.36. The third-order valence-corrected chi connectivity index (χ3v) is 8.77. The smallest absolute Gasteiger partial charge is 0.264 e. The Hall–Kier alpha value is -3.47. The van der Waals surface area contributed by atoms with E-state index in [0.717, 1.165) is 4.31 Å². The highest BCUT2D eigenvalue weighted by Gasteiger charge is 2.35. The van der Waals surface area contributed by atoms with Crippen molar-refractivity contribution >= 4 is 50.7 Å². The Morgan fingerprint density at radius 2 is 1.60 bits per heavy atom. The van der Waals surface area contributed by atoms with Crippen molar-refractivity contribution in [3.63, 3.8) is 0 Å². The molecule has 214 valence electrons. The fourth-order valence-corrected chi connectivity index (χ4v) is 6.12. The Morgan fingerprint density at radius 1 is 0.950 bits per heavy atom. The summed E-state index contributed by atoms with van der Waals surface area (Å²) in [6.07, 6.45) is 0.251. The third kappa shape index (κ3) is 6.80. The molecule has 0 heterocycles. The quantitative estimate of drug-likeness (QED) is 0.318. The summed E-state index contributed by atoms with van der Waals surface area (Å²) in [6, 6.07) is 16.3. The van der Waals surface area contributed by atoms with Gasteiger partial charge >= 0.3 is 0 Å².